The summed E-state index contributed by atoms with van der Waals surface area (Å²) in [6.07, 6.45) is -0.823. The van der Waals surface area contributed by atoms with Gasteiger partial charge in [-0.05, 0) is 91.5 Å². The van der Waals surface area contributed by atoms with Gasteiger partial charge >= 0.3 is 6.18 Å². The van der Waals surface area contributed by atoms with Gasteiger partial charge in [0.25, 0.3) is 0 Å². The highest BCUT2D eigenvalue weighted by Crippen LogP contribution is 2.50. The zero-order valence-electron chi connectivity index (χ0n) is 27.5. The number of rotatable bonds is 6. The molecule has 1 saturated carbocycles. The molecule has 4 N–H and O–H groups in total. The van der Waals surface area contributed by atoms with Gasteiger partial charge in [-0.2, -0.15) is 18.2 Å². The van der Waals surface area contributed by atoms with Crippen molar-refractivity contribution in [3.05, 3.63) is 95.2 Å². The lowest BCUT2D eigenvalue weighted by Gasteiger charge is -2.32. The van der Waals surface area contributed by atoms with E-state index >= 15 is 0 Å². The van der Waals surface area contributed by atoms with Crippen molar-refractivity contribution in [1.29, 1.82) is 0 Å². The number of benzene rings is 3. The van der Waals surface area contributed by atoms with Crippen LogP contribution in [0, 0.1) is 0 Å². The van der Waals surface area contributed by atoms with E-state index in [2.05, 4.69) is 48.2 Å². The molecule has 3 heterocycles. The number of likely N-dealkylation sites (N-methyl/N-ethyl adjacent to an activating group) is 1. The summed E-state index contributed by atoms with van der Waals surface area (Å²) in [7, 11) is 2.04. The summed E-state index contributed by atoms with van der Waals surface area (Å²) in [6, 6.07) is 19.7. The van der Waals surface area contributed by atoms with Gasteiger partial charge in [-0.25, -0.2) is 4.98 Å². The Morgan fingerprint density at radius 2 is 1.78 bits per heavy atom. The van der Waals surface area contributed by atoms with Gasteiger partial charge in [-0.3, -0.25) is 9.69 Å². The molecule has 2 aliphatic heterocycles. The van der Waals surface area contributed by atoms with Gasteiger partial charge in [0.1, 0.15) is 5.82 Å². The molecule has 7 rings (SSSR count). The Hall–Kier alpha value is -4.52. The van der Waals surface area contributed by atoms with Crippen molar-refractivity contribution in [3.8, 4) is 11.1 Å². The standard InChI is InChI=1S/C37H41F3N8O/c1-47-14-16-48(17-15-47)24-26-18-28(21-29(19-26)37(38,39)40)36(10-11-36)34(49)44-30-8-6-27(7-9-30)32-23-43-35-45-31-5-2-4-25(20-31)22-41-12-3-13-42-33(32)46-35/h2,4-9,18-21,23,41H,3,10-17,22,24H2,1H3,(H,44,49)(H2,42,43,45,46). The van der Waals surface area contributed by atoms with Crippen molar-refractivity contribution in [2.45, 2.75) is 43.9 Å². The van der Waals surface area contributed by atoms with Crippen LogP contribution in [0.4, 0.5) is 36.3 Å². The maximum Gasteiger partial charge on any atom is 0.416 e. The third-order valence-electron chi connectivity index (χ3n) is 9.64. The van der Waals surface area contributed by atoms with Crippen LogP contribution in [0.2, 0.25) is 0 Å². The highest BCUT2D eigenvalue weighted by Gasteiger charge is 2.52. The molecule has 49 heavy (non-hydrogen) atoms. The molecule has 1 aliphatic carbocycles. The minimum absolute atomic E-state index is 0.290. The molecule has 9 nitrogen and oxygen atoms in total. The Bertz CT molecular complexity index is 1800. The summed E-state index contributed by atoms with van der Waals surface area (Å²) in [4.78, 5) is 27.4. The van der Waals surface area contributed by atoms with E-state index < -0.39 is 17.2 Å². The average molecular weight is 671 g/mol. The van der Waals surface area contributed by atoms with Crippen LogP contribution in [0.25, 0.3) is 11.1 Å². The maximum atomic E-state index is 14.0. The highest BCUT2D eigenvalue weighted by molar-refractivity contribution is 6.01. The highest BCUT2D eigenvalue weighted by atomic mass is 19.4. The number of anilines is 4. The first-order chi connectivity index (χ1) is 23.6. The molecule has 4 bridgehead atoms. The normalized spacial score (nSPS) is 18.2. The predicted molar refractivity (Wildman–Crippen MR) is 186 cm³/mol. The molecule has 12 heteroatoms. The third-order valence-corrected chi connectivity index (χ3v) is 9.64. The predicted octanol–water partition coefficient (Wildman–Crippen LogP) is 6.23. The van der Waals surface area contributed by atoms with Crippen LogP contribution in [0.1, 0.15) is 41.5 Å². The van der Waals surface area contributed by atoms with E-state index in [1.807, 2.05) is 43.4 Å². The van der Waals surface area contributed by atoms with E-state index in [-0.39, 0.29) is 5.91 Å². The smallest absolute Gasteiger partial charge is 0.369 e. The fourth-order valence-corrected chi connectivity index (χ4v) is 6.57. The van der Waals surface area contributed by atoms with Crippen LogP contribution in [0.5, 0.6) is 0 Å². The molecule has 0 unspecified atom stereocenters. The topological polar surface area (TPSA) is 97.5 Å². The van der Waals surface area contributed by atoms with Gasteiger partial charge in [0.05, 0.1) is 11.0 Å². The second-order valence-electron chi connectivity index (χ2n) is 13.3. The first-order valence-electron chi connectivity index (χ1n) is 16.9. The minimum Gasteiger partial charge on any atom is -0.369 e. The number of carbonyl (C=O) groups is 1. The van der Waals surface area contributed by atoms with Crippen LogP contribution in [-0.4, -0.2) is 72.0 Å². The third kappa shape index (κ3) is 7.71. The summed E-state index contributed by atoms with van der Waals surface area (Å²) in [5.41, 5.74) is 3.66. The molecule has 0 atom stereocenters. The maximum absolute atomic E-state index is 14.0. The van der Waals surface area contributed by atoms with E-state index in [9.17, 15) is 18.0 Å². The number of hydrogen-bond donors (Lipinski definition) is 4. The monoisotopic (exact) mass is 670 g/mol. The molecule has 2 fully saturated rings. The largest absolute Gasteiger partial charge is 0.416 e. The Morgan fingerprint density at radius 3 is 2.53 bits per heavy atom. The second-order valence-corrected chi connectivity index (χ2v) is 13.3. The number of piperazine rings is 1. The second kappa shape index (κ2) is 13.8. The molecule has 0 radical (unpaired) electrons. The van der Waals surface area contributed by atoms with Gasteiger partial charge in [-0.1, -0.05) is 30.3 Å². The fourth-order valence-electron chi connectivity index (χ4n) is 6.57. The number of fused-ring (bicyclic) bond motifs is 4. The van der Waals surface area contributed by atoms with Gasteiger partial charge < -0.3 is 26.2 Å². The lowest BCUT2D eigenvalue weighted by molar-refractivity contribution is -0.137. The van der Waals surface area contributed by atoms with Crippen LogP contribution < -0.4 is 21.3 Å². The SMILES string of the molecule is CN1CCN(Cc2cc(C(F)(F)F)cc(C3(C(=O)Nc4ccc(-c5cnc6nc5NCCCNCc5cccc(c5)N6)cc4)CC3)c2)CC1. The minimum atomic E-state index is -4.50. The van der Waals surface area contributed by atoms with Crippen LogP contribution >= 0.6 is 0 Å². The van der Waals surface area contributed by atoms with E-state index in [0.717, 1.165) is 75.1 Å². The zero-order chi connectivity index (χ0) is 34.0. The van der Waals surface area contributed by atoms with Crippen molar-refractivity contribution < 1.29 is 18.0 Å². The molecule has 0 spiro atoms. The number of halogens is 3. The number of nitrogens with one attached hydrogen (secondary N) is 4. The Morgan fingerprint density at radius 1 is 0.980 bits per heavy atom. The first-order valence-corrected chi connectivity index (χ1v) is 16.9. The van der Waals surface area contributed by atoms with E-state index in [4.69, 9.17) is 4.98 Å². The van der Waals surface area contributed by atoms with Crippen molar-refractivity contribution in [1.82, 2.24) is 25.1 Å². The van der Waals surface area contributed by atoms with E-state index in [0.29, 0.717) is 48.0 Å². The number of amides is 1. The van der Waals surface area contributed by atoms with Gasteiger partial charge in [0.15, 0.2) is 0 Å². The van der Waals surface area contributed by atoms with Gasteiger partial charge in [0, 0.05) is 68.9 Å². The van der Waals surface area contributed by atoms with Crippen LogP contribution in [0.15, 0.2) is 72.9 Å². The molecule has 3 aromatic carbocycles. The molecular formula is C37H41F3N8O. The van der Waals surface area contributed by atoms with Crippen molar-refractivity contribution in [3.63, 3.8) is 0 Å². The van der Waals surface area contributed by atoms with Crippen LogP contribution in [0.3, 0.4) is 0 Å². The number of alkyl halides is 3. The van der Waals surface area contributed by atoms with Gasteiger partial charge in [-0.15, -0.1) is 0 Å². The fraction of sp³-hybridized carbons (Fsp3) is 0.378. The summed E-state index contributed by atoms with van der Waals surface area (Å²) in [6.45, 7) is 6.10. The van der Waals surface area contributed by atoms with Crippen LogP contribution in [-0.2, 0) is 29.5 Å². The first kappa shape index (κ1) is 33.0. The summed E-state index contributed by atoms with van der Waals surface area (Å²) in [5.74, 6) is 0.885. The quantitative estimate of drug-likeness (QED) is 0.192. The Balaban J connectivity index is 1.08. The molecule has 1 saturated heterocycles. The molecule has 256 valence electrons. The van der Waals surface area contributed by atoms with Gasteiger partial charge in [0.2, 0.25) is 11.9 Å². The lowest BCUT2D eigenvalue weighted by Crippen LogP contribution is -2.43. The number of hydrogen-bond acceptors (Lipinski definition) is 8. The number of aromatic nitrogens is 2. The van der Waals surface area contributed by atoms with Crippen molar-refractivity contribution >= 4 is 29.0 Å². The summed E-state index contributed by atoms with van der Waals surface area (Å²) in [5, 5.41) is 13.2. The number of carbonyl (C=O) groups excluding carboxylic acids is 1. The molecule has 1 amide bonds. The van der Waals surface area contributed by atoms with Crippen molar-refractivity contribution in [2.24, 2.45) is 0 Å². The van der Waals surface area contributed by atoms with E-state index in [1.165, 1.54) is 11.6 Å². The Kier molecular flexibility index (Phi) is 9.27. The lowest BCUT2D eigenvalue weighted by atomic mass is 9.91. The van der Waals surface area contributed by atoms with Crippen molar-refractivity contribution in [2.75, 3.05) is 62.3 Å². The zero-order valence-corrected chi connectivity index (χ0v) is 27.5. The Labute approximate surface area is 284 Å². The average Bonchev–Trinajstić information content (AvgIpc) is 3.90. The summed E-state index contributed by atoms with van der Waals surface area (Å²) >= 11 is 0. The number of nitrogens with zero attached hydrogens (tertiary/aromatic N) is 4. The molecule has 3 aliphatic rings. The summed E-state index contributed by atoms with van der Waals surface area (Å²) < 4.78 is 42.1. The molecular weight excluding hydrogens is 629 g/mol. The molecule has 1 aromatic heterocycles. The van der Waals surface area contributed by atoms with E-state index in [1.54, 1.807) is 12.3 Å². The molecule has 4 aromatic rings.